The van der Waals surface area contributed by atoms with E-state index in [1.807, 2.05) is 31.2 Å². The van der Waals surface area contributed by atoms with Crippen LogP contribution in [0, 0.1) is 13.8 Å². The molecule has 2 aliphatic heterocycles. The highest BCUT2D eigenvalue weighted by Crippen LogP contribution is 2.37. The minimum Gasteiger partial charge on any atom is -0.297 e. The van der Waals surface area contributed by atoms with E-state index in [2.05, 4.69) is 23.7 Å². The Hall–Kier alpha value is -1.86. The molecule has 1 amide bonds. The molecule has 0 spiro atoms. The third-order valence-electron chi connectivity index (χ3n) is 6.06. The van der Waals surface area contributed by atoms with Crippen LogP contribution in [0.25, 0.3) is 0 Å². The Morgan fingerprint density at radius 1 is 1.25 bits per heavy atom. The van der Waals surface area contributed by atoms with Crippen LogP contribution in [0.4, 0.5) is 5.82 Å². The zero-order valence-corrected chi connectivity index (χ0v) is 18.3. The second-order valence-corrected chi connectivity index (χ2v) is 9.64. The Labute approximate surface area is 171 Å². The molecule has 2 aliphatic rings. The molecule has 4 heterocycles. The van der Waals surface area contributed by atoms with E-state index >= 15 is 0 Å². The van der Waals surface area contributed by atoms with Crippen molar-refractivity contribution in [2.45, 2.75) is 71.9 Å². The number of hydrogen-bond donors (Lipinski definition) is 0. The molecule has 0 aliphatic carbocycles. The largest absolute Gasteiger partial charge is 0.297 e. The Morgan fingerprint density at radius 2 is 2.04 bits per heavy atom. The number of carbonyl (C=O) groups is 1. The van der Waals surface area contributed by atoms with Gasteiger partial charge in [0, 0.05) is 40.7 Å². The van der Waals surface area contributed by atoms with E-state index in [4.69, 9.17) is 9.97 Å². The van der Waals surface area contributed by atoms with Gasteiger partial charge in [-0.1, -0.05) is 6.92 Å². The molecule has 0 radical (unpaired) electrons. The number of nitrogens with zero attached hydrogens (tertiary/aromatic N) is 5. The van der Waals surface area contributed by atoms with Crippen LogP contribution in [0.1, 0.15) is 61.3 Å². The fourth-order valence-corrected chi connectivity index (χ4v) is 5.31. The van der Waals surface area contributed by atoms with Crippen LogP contribution >= 0.6 is 11.3 Å². The van der Waals surface area contributed by atoms with Gasteiger partial charge >= 0.3 is 0 Å². The van der Waals surface area contributed by atoms with Gasteiger partial charge < -0.3 is 0 Å². The molecule has 0 saturated carbocycles. The second-order valence-electron chi connectivity index (χ2n) is 8.70. The number of anilines is 1. The fraction of sp³-hybridized carbons (Fsp3) is 0.619. The molecule has 6 nitrogen and oxygen atoms in total. The van der Waals surface area contributed by atoms with Crippen molar-refractivity contribution in [1.29, 1.82) is 0 Å². The molecule has 28 heavy (non-hydrogen) atoms. The summed E-state index contributed by atoms with van der Waals surface area (Å²) in [6, 6.07) is 0.112. The van der Waals surface area contributed by atoms with E-state index < -0.39 is 0 Å². The van der Waals surface area contributed by atoms with Gasteiger partial charge in [0.15, 0.2) is 0 Å². The minimum atomic E-state index is -0.106. The number of amides is 1. The number of hydrogen-bond acceptors (Lipinski definition) is 6. The first kappa shape index (κ1) is 19.5. The lowest BCUT2D eigenvalue weighted by atomic mass is 9.80. The van der Waals surface area contributed by atoms with Crippen molar-refractivity contribution in [2.75, 3.05) is 18.0 Å². The van der Waals surface area contributed by atoms with Gasteiger partial charge in [-0.2, -0.15) is 0 Å². The topological polar surface area (TPSA) is 62.2 Å². The standard InChI is InChI=1S/C21H29N5OS/c1-13(2)26-18(27)9-16-14(3)23-20(24-19(16)26)21(5)7-6-8-25(11-21)10-17-15(4)22-12-28-17/h12-13H,6-11H2,1-5H3/t21-/m0/s1. The first-order valence-corrected chi connectivity index (χ1v) is 11.0. The molecule has 150 valence electrons. The van der Waals surface area contributed by atoms with E-state index in [0.29, 0.717) is 6.42 Å². The Morgan fingerprint density at radius 3 is 2.71 bits per heavy atom. The summed E-state index contributed by atoms with van der Waals surface area (Å²) in [5.74, 6) is 1.85. The van der Waals surface area contributed by atoms with Gasteiger partial charge in [0.2, 0.25) is 5.91 Å². The van der Waals surface area contributed by atoms with Crippen LogP contribution in [0.2, 0.25) is 0 Å². The van der Waals surface area contributed by atoms with Crippen LogP contribution < -0.4 is 4.90 Å². The molecule has 0 N–H and O–H groups in total. The molecule has 2 aromatic heterocycles. The summed E-state index contributed by atoms with van der Waals surface area (Å²) >= 11 is 1.73. The van der Waals surface area contributed by atoms with Gasteiger partial charge in [0.1, 0.15) is 11.6 Å². The highest BCUT2D eigenvalue weighted by Gasteiger charge is 2.39. The highest BCUT2D eigenvalue weighted by molar-refractivity contribution is 7.09. The summed E-state index contributed by atoms with van der Waals surface area (Å²) in [5, 5.41) is 0. The number of fused-ring (bicyclic) bond motifs is 1. The Kier molecular flexibility index (Phi) is 5.00. The third-order valence-corrected chi connectivity index (χ3v) is 6.98. The summed E-state index contributed by atoms with van der Waals surface area (Å²) in [6.45, 7) is 13.4. The predicted octanol–water partition coefficient (Wildman–Crippen LogP) is 3.40. The van der Waals surface area contributed by atoms with Gasteiger partial charge in [-0.3, -0.25) is 14.6 Å². The summed E-state index contributed by atoms with van der Waals surface area (Å²) < 4.78 is 0. The van der Waals surface area contributed by atoms with E-state index in [9.17, 15) is 4.79 Å². The lowest BCUT2D eigenvalue weighted by Gasteiger charge is -2.39. The monoisotopic (exact) mass is 399 g/mol. The number of rotatable bonds is 4. The quantitative estimate of drug-likeness (QED) is 0.788. The molecule has 0 unspecified atom stereocenters. The van der Waals surface area contributed by atoms with Gasteiger partial charge in [-0.15, -0.1) is 11.3 Å². The van der Waals surface area contributed by atoms with Crippen molar-refractivity contribution in [2.24, 2.45) is 0 Å². The van der Waals surface area contributed by atoms with Crippen LogP contribution in [0.3, 0.4) is 0 Å². The zero-order chi connectivity index (χ0) is 20.1. The number of thiazole rings is 1. The van der Waals surface area contributed by atoms with Crippen molar-refractivity contribution in [3.8, 4) is 0 Å². The van der Waals surface area contributed by atoms with E-state index in [1.165, 1.54) is 4.88 Å². The number of piperidine rings is 1. The van der Waals surface area contributed by atoms with Gasteiger partial charge in [0.25, 0.3) is 0 Å². The van der Waals surface area contributed by atoms with Crippen LogP contribution in [0.15, 0.2) is 5.51 Å². The van der Waals surface area contributed by atoms with Crippen LogP contribution in [-0.4, -0.2) is 44.9 Å². The summed E-state index contributed by atoms with van der Waals surface area (Å²) in [5.41, 5.74) is 4.91. The molecule has 1 saturated heterocycles. The molecule has 1 atom stereocenters. The lowest BCUT2D eigenvalue weighted by molar-refractivity contribution is -0.117. The van der Waals surface area contributed by atoms with Gasteiger partial charge in [0.05, 0.1) is 17.6 Å². The first-order chi connectivity index (χ1) is 13.3. The summed E-state index contributed by atoms with van der Waals surface area (Å²) in [6.07, 6.45) is 2.62. The first-order valence-electron chi connectivity index (χ1n) is 10.1. The van der Waals surface area contributed by atoms with Crippen molar-refractivity contribution < 1.29 is 4.79 Å². The maximum Gasteiger partial charge on any atom is 0.233 e. The summed E-state index contributed by atoms with van der Waals surface area (Å²) in [7, 11) is 0. The minimum absolute atomic E-state index is 0.106. The average Bonchev–Trinajstić information content (AvgIpc) is 3.18. The second kappa shape index (κ2) is 7.19. The smallest absolute Gasteiger partial charge is 0.233 e. The normalized spacial score (nSPS) is 22.9. The lowest BCUT2D eigenvalue weighted by Crippen LogP contribution is -2.45. The SMILES string of the molecule is Cc1ncsc1CN1CCC[C@](C)(c2nc(C)c3c(n2)N(C(C)C)C(=O)C3)C1. The van der Waals surface area contributed by atoms with Crippen LogP contribution in [0.5, 0.6) is 0 Å². The van der Waals surface area contributed by atoms with E-state index in [-0.39, 0.29) is 17.4 Å². The van der Waals surface area contributed by atoms with Crippen molar-refractivity contribution in [3.05, 3.63) is 33.2 Å². The number of likely N-dealkylation sites (tertiary alicyclic amines) is 1. The number of aromatic nitrogens is 3. The number of aryl methyl sites for hydroxylation is 2. The van der Waals surface area contributed by atoms with Crippen molar-refractivity contribution >= 4 is 23.1 Å². The molecule has 1 fully saturated rings. The van der Waals surface area contributed by atoms with Gasteiger partial charge in [-0.25, -0.2) is 15.0 Å². The maximum absolute atomic E-state index is 12.5. The Balaban J connectivity index is 1.64. The molecule has 0 bridgehead atoms. The van der Waals surface area contributed by atoms with Crippen molar-refractivity contribution in [1.82, 2.24) is 19.9 Å². The highest BCUT2D eigenvalue weighted by atomic mass is 32.1. The zero-order valence-electron chi connectivity index (χ0n) is 17.4. The van der Waals surface area contributed by atoms with E-state index in [0.717, 1.165) is 61.1 Å². The molecular formula is C21H29N5OS. The third kappa shape index (κ3) is 3.35. The van der Waals surface area contributed by atoms with Crippen LogP contribution in [-0.2, 0) is 23.2 Å². The maximum atomic E-state index is 12.5. The average molecular weight is 400 g/mol. The molecule has 2 aromatic rings. The van der Waals surface area contributed by atoms with Crippen molar-refractivity contribution in [3.63, 3.8) is 0 Å². The molecule has 4 rings (SSSR count). The molecule has 0 aromatic carbocycles. The Bertz CT molecular complexity index is 908. The molecule has 7 heteroatoms. The molecular weight excluding hydrogens is 370 g/mol. The van der Waals surface area contributed by atoms with Gasteiger partial charge in [-0.05, 0) is 47.1 Å². The summed E-state index contributed by atoms with van der Waals surface area (Å²) in [4.78, 5) is 32.4. The fourth-order valence-electron chi connectivity index (χ4n) is 4.49. The number of carbonyl (C=O) groups excluding carboxylic acids is 1. The van der Waals surface area contributed by atoms with E-state index in [1.54, 1.807) is 11.3 Å². The predicted molar refractivity (Wildman–Crippen MR) is 112 cm³/mol.